The van der Waals surface area contributed by atoms with Crippen molar-refractivity contribution in [3.63, 3.8) is 0 Å². The number of ketones is 1. The molecule has 98 valence electrons. The van der Waals surface area contributed by atoms with Gasteiger partial charge in [0.2, 0.25) is 0 Å². The molecule has 7 heteroatoms. The zero-order valence-corrected chi connectivity index (χ0v) is 11.2. The minimum absolute atomic E-state index is 0.191. The van der Waals surface area contributed by atoms with Gasteiger partial charge in [-0.15, -0.1) is 0 Å². The minimum atomic E-state index is -1.21. The topological polar surface area (TPSA) is 83.8 Å². The summed E-state index contributed by atoms with van der Waals surface area (Å²) in [6, 6.07) is 0. The summed E-state index contributed by atoms with van der Waals surface area (Å²) < 4.78 is 15.8. The fourth-order valence-corrected chi connectivity index (χ4v) is 1.48. The van der Waals surface area contributed by atoms with Gasteiger partial charge in [-0.2, -0.15) is 0 Å². The maximum atomic E-state index is 11.2. The van der Waals surface area contributed by atoms with Gasteiger partial charge in [-0.05, 0) is 0 Å². The van der Waals surface area contributed by atoms with Crippen molar-refractivity contribution in [2.45, 2.75) is 19.1 Å². The Hall–Kier alpha value is -0.480. The van der Waals surface area contributed by atoms with E-state index in [0.717, 1.165) is 0 Å². The van der Waals surface area contributed by atoms with Crippen molar-refractivity contribution < 1.29 is 28.8 Å². The van der Waals surface area contributed by atoms with E-state index in [1.807, 2.05) is 0 Å². The van der Waals surface area contributed by atoms with Crippen molar-refractivity contribution >= 4 is 13.7 Å². The molecule has 0 rings (SSSR count). The summed E-state index contributed by atoms with van der Waals surface area (Å²) in [4.78, 5) is 11.2. The fourth-order valence-electron chi connectivity index (χ4n) is 1.16. The van der Waals surface area contributed by atoms with E-state index in [0.29, 0.717) is 6.54 Å². The Bertz CT molecular complexity index is 351. The molecule has 2 N–H and O–H groups in total. The van der Waals surface area contributed by atoms with Crippen LogP contribution < -0.4 is 0 Å². The van der Waals surface area contributed by atoms with Crippen LogP contribution in [0.1, 0.15) is 6.92 Å². The van der Waals surface area contributed by atoms with Crippen LogP contribution in [0, 0.1) is 5.75 Å². The molecule has 0 aromatic rings. The first-order valence-electron chi connectivity index (χ1n) is 5.17. The van der Waals surface area contributed by atoms with Gasteiger partial charge < -0.3 is 0 Å². The van der Waals surface area contributed by atoms with Crippen LogP contribution in [0.4, 0.5) is 0 Å². The van der Waals surface area contributed by atoms with Gasteiger partial charge in [-0.1, -0.05) is 0 Å². The van der Waals surface area contributed by atoms with Crippen molar-refractivity contribution in [3.05, 3.63) is 0 Å². The molecule has 0 aromatic heterocycles. The van der Waals surface area contributed by atoms with Crippen molar-refractivity contribution in [1.29, 1.82) is 0 Å². The van der Waals surface area contributed by atoms with Crippen LogP contribution in [0.3, 0.4) is 0 Å². The van der Waals surface area contributed by atoms with E-state index in [9.17, 15) is 14.5 Å². The van der Waals surface area contributed by atoms with Gasteiger partial charge in [0.15, 0.2) is 0 Å². The number of carbonyl (C=O) groups excluding carboxylic acids is 1. The van der Waals surface area contributed by atoms with Crippen LogP contribution in [0.5, 0.6) is 0 Å². The second-order valence-electron chi connectivity index (χ2n) is 4.25. The predicted octanol–water partition coefficient (Wildman–Crippen LogP) is -0.401. The molecule has 17 heavy (non-hydrogen) atoms. The summed E-state index contributed by atoms with van der Waals surface area (Å²) >= 11 is 0. The van der Waals surface area contributed by atoms with Gasteiger partial charge in [-0.3, -0.25) is 0 Å². The van der Waals surface area contributed by atoms with Crippen LogP contribution in [-0.4, -0.2) is 66.5 Å². The summed E-state index contributed by atoms with van der Waals surface area (Å²) in [5.41, 5.74) is 0. The maximum absolute atomic E-state index is 11.2. The number of ether oxygens (including phenoxy) is 1. The average Bonchev–Trinajstić information content (AvgIpc) is 2.22. The summed E-state index contributed by atoms with van der Waals surface area (Å²) in [5.74, 6) is 2.30. The van der Waals surface area contributed by atoms with E-state index in [1.165, 1.54) is 6.92 Å². The standard InChI is InChI=1S/C10H19NO5P/c1-8(13)10(9(14)6-12)16-5-4-11(2,3)7-17-15/h9-10,12,14H,4-6H2,1-3H3/q+1. The molecule has 0 aliphatic carbocycles. The molecule has 0 radical (unpaired) electrons. The van der Waals surface area contributed by atoms with Gasteiger partial charge in [0.05, 0.1) is 0 Å². The molecule has 6 nitrogen and oxygen atoms in total. The predicted molar refractivity (Wildman–Crippen MR) is 62.0 cm³/mol. The first-order chi connectivity index (χ1) is 7.84. The fraction of sp³-hybridized carbons (Fsp3) is 0.800. The molecular formula is C10H19NO5P+. The third-order valence-electron chi connectivity index (χ3n) is 2.20. The monoisotopic (exact) mass is 264 g/mol. The van der Waals surface area contributed by atoms with Gasteiger partial charge in [-0.25, -0.2) is 0 Å². The number of quaternary nitrogens is 1. The number of hydrogen-bond acceptors (Lipinski definition) is 5. The Balaban J connectivity index is 4.28. The van der Waals surface area contributed by atoms with Crippen LogP contribution >= 0.6 is 7.92 Å². The zero-order valence-electron chi connectivity index (χ0n) is 10.3. The van der Waals surface area contributed by atoms with Crippen molar-refractivity contribution in [2.24, 2.45) is 0 Å². The van der Waals surface area contributed by atoms with Crippen LogP contribution in [0.15, 0.2) is 0 Å². The first kappa shape index (κ1) is 16.5. The molecule has 0 amide bonds. The molecule has 0 aliphatic heterocycles. The van der Waals surface area contributed by atoms with Crippen LogP contribution in [0.25, 0.3) is 0 Å². The number of Topliss-reactive ketones (excluding diaryl/α,β-unsaturated/α-hetero) is 1. The van der Waals surface area contributed by atoms with Gasteiger partial charge >= 0.3 is 101 Å². The molecular weight excluding hydrogens is 245 g/mol. The van der Waals surface area contributed by atoms with E-state index in [1.54, 1.807) is 14.1 Å². The van der Waals surface area contributed by atoms with Gasteiger partial charge in [0.1, 0.15) is 0 Å². The number of aliphatic hydroxyl groups is 2. The molecule has 0 aromatic carbocycles. The van der Waals surface area contributed by atoms with Crippen molar-refractivity contribution in [2.75, 3.05) is 33.9 Å². The Morgan fingerprint density at radius 3 is 2.53 bits per heavy atom. The second-order valence-corrected chi connectivity index (χ2v) is 4.63. The first-order valence-corrected chi connectivity index (χ1v) is 5.99. The van der Waals surface area contributed by atoms with Crippen molar-refractivity contribution in [1.82, 2.24) is 0 Å². The molecule has 0 saturated carbocycles. The van der Waals surface area contributed by atoms with Gasteiger partial charge in [0.25, 0.3) is 0 Å². The van der Waals surface area contributed by atoms with Crippen molar-refractivity contribution in [3.8, 4) is 5.75 Å². The average molecular weight is 264 g/mol. The number of nitrogens with zero attached hydrogens (tertiary/aromatic N) is 1. The molecule has 0 fully saturated rings. The summed E-state index contributed by atoms with van der Waals surface area (Å²) in [5, 5.41) is 18.1. The number of hydrogen-bond donors (Lipinski definition) is 2. The van der Waals surface area contributed by atoms with Crippen LogP contribution in [0.2, 0.25) is 0 Å². The molecule has 0 bridgehead atoms. The summed E-state index contributed by atoms with van der Waals surface area (Å²) in [6.07, 6.45) is -2.24. The molecule has 2 unspecified atom stereocenters. The quantitative estimate of drug-likeness (QED) is 0.483. The number of rotatable bonds is 7. The summed E-state index contributed by atoms with van der Waals surface area (Å²) in [6.45, 7) is 1.41. The number of aliphatic hydroxyl groups excluding tert-OH is 2. The molecule has 0 saturated heterocycles. The van der Waals surface area contributed by atoms with E-state index in [-0.39, 0.29) is 24.8 Å². The Kier molecular flexibility index (Phi) is 7.55. The normalized spacial score (nSPS) is 14.9. The van der Waals surface area contributed by atoms with E-state index >= 15 is 0 Å². The second kappa shape index (κ2) is 7.77. The third kappa shape index (κ3) is 6.74. The number of likely N-dealkylation sites (N-methyl/N-ethyl adjacent to an activating group) is 1. The zero-order chi connectivity index (χ0) is 13.5. The van der Waals surface area contributed by atoms with Gasteiger partial charge in [0, 0.05) is 0 Å². The van der Waals surface area contributed by atoms with E-state index in [4.69, 9.17) is 9.84 Å². The molecule has 0 heterocycles. The van der Waals surface area contributed by atoms with Crippen LogP contribution in [-0.2, 0) is 14.1 Å². The molecule has 0 spiro atoms. The number of carbonyl (C=O) groups is 1. The third-order valence-corrected chi connectivity index (χ3v) is 2.82. The Morgan fingerprint density at radius 2 is 2.12 bits per heavy atom. The Morgan fingerprint density at radius 1 is 1.53 bits per heavy atom. The Labute approximate surface area is 102 Å². The van der Waals surface area contributed by atoms with E-state index in [2.05, 4.69) is 5.75 Å². The SMILES string of the molecule is CC(=O)C(OCC[N+](C)(C)C#P=O)C(O)CO. The van der Waals surface area contributed by atoms with E-state index < -0.39 is 18.8 Å². The summed E-state index contributed by atoms with van der Waals surface area (Å²) in [7, 11) is 3.36. The molecule has 0 aliphatic rings. The molecule has 2 atom stereocenters.